The molecule has 0 saturated heterocycles. The van der Waals surface area contributed by atoms with Gasteiger partial charge in [0.1, 0.15) is 0 Å². The van der Waals surface area contributed by atoms with Gasteiger partial charge in [-0.2, -0.15) is 0 Å². The molecule has 0 spiro atoms. The van der Waals surface area contributed by atoms with Gasteiger partial charge in [-0.05, 0) is 0 Å². The first-order valence-corrected chi connectivity index (χ1v) is 2.35. The van der Waals surface area contributed by atoms with Crippen LogP contribution in [0.5, 0.6) is 0 Å². The summed E-state index contributed by atoms with van der Waals surface area (Å²) < 4.78 is 8.88. The van der Waals surface area contributed by atoms with Crippen molar-refractivity contribution in [3.8, 4) is 0 Å². The quantitative estimate of drug-likeness (QED) is 0.303. The van der Waals surface area contributed by atoms with Crippen molar-refractivity contribution >= 4 is 7.82 Å². The molecule has 0 bridgehead atoms. The fraction of sp³-hybridized carbons (Fsp3) is 0. The summed E-state index contributed by atoms with van der Waals surface area (Å²) in [7, 11) is -4.64. The van der Waals surface area contributed by atoms with E-state index in [2.05, 4.69) is 0 Å². The van der Waals surface area contributed by atoms with E-state index in [9.17, 15) is 0 Å². The molecule has 0 aromatic rings. The fourth-order valence-corrected chi connectivity index (χ4v) is 0. The van der Waals surface area contributed by atoms with Crippen LogP contribution in [-0.4, -0.2) is 14.7 Å². The van der Waals surface area contributed by atoms with Crippen molar-refractivity contribution in [3.05, 3.63) is 0 Å². The van der Waals surface area contributed by atoms with Gasteiger partial charge in [0.05, 0.1) is 0 Å². The maximum Gasteiger partial charge on any atom is 1.00 e. The molecule has 0 atom stereocenters. The van der Waals surface area contributed by atoms with Crippen LogP contribution in [0.2, 0.25) is 0 Å². The van der Waals surface area contributed by atoms with Crippen LogP contribution in [0.15, 0.2) is 0 Å². The van der Waals surface area contributed by atoms with Crippen LogP contribution in [-0.2, 0) is 49.3 Å². The molecule has 0 fully saturated rings. The average molecular weight is 248 g/mol. The molecule has 0 aromatic heterocycles. The summed E-state index contributed by atoms with van der Waals surface area (Å²) in [5.41, 5.74) is 0. The minimum atomic E-state index is -4.64. The van der Waals surface area contributed by atoms with Crippen LogP contribution in [0.4, 0.5) is 0 Å². The van der Waals surface area contributed by atoms with E-state index in [0.29, 0.717) is 0 Å². The predicted octanol–water partition coefficient (Wildman–Crippen LogP) is -3.82. The number of hydrogen-bond donors (Lipinski definition) is 3. The monoisotopic (exact) mass is 247 g/mol. The van der Waals surface area contributed by atoms with Gasteiger partial charge < -0.3 is 16.1 Å². The Kier molecular flexibility index (Phi) is 25.8. The minimum absolute atomic E-state index is 0. The Morgan fingerprint density at radius 2 is 1.25 bits per heavy atom. The smallest absolute Gasteiger partial charge is 1.00 e. The molecule has 0 heterocycles. The van der Waals surface area contributed by atoms with Crippen molar-refractivity contribution in [1.82, 2.24) is 0 Å². The van der Waals surface area contributed by atoms with Crippen molar-refractivity contribution in [2.45, 2.75) is 0 Å². The van der Waals surface area contributed by atoms with E-state index in [0.717, 1.165) is 0 Å². The van der Waals surface area contributed by atoms with Crippen molar-refractivity contribution in [1.29, 1.82) is 0 Å². The molecule has 0 saturated carbocycles. The van der Waals surface area contributed by atoms with Crippen LogP contribution in [0.3, 0.4) is 0 Å². The van der Waals surface area contributed by atoms with Crippen molar-refractivity contribution in [3.63, 3.8) is 0 Å². The van der Waals surface area contributed by atoms with Gasteiger partial charge in [0.15, 0.2) is 0 Å². The molecule has 43 valence electrons. The van der Waals surface area contributed by atoms with E-state index in [4.69, 9.17) is 19.2 Å². The van der Waals surface area contributed by atoms with Gasteiger partial charge in [0.2, 0.25) is 0 Å². The zero-order valence-corrected chi connectivity index (χ0v) is 8.89. The minimum Gasteiger partial charge on any atom is -1.00 e. The Hall–Kier alpha value is 2.17. The van der Waals surface area contributed by atoms with Gasteiger partial charge in [0, 0.05) is 44.8 Å². The average Bonchev–Trinajstić information content (AvgIpc) is 0.722. The molecule has 0 unspecified atom stereocenters. The molecule has 8 heavy (non-hydrogen) atoms. The largest absolute Gasteiger partial charge is 1.00 e. The second-order valence-electron chi connectivity index (χ2n) is 0.513. The SMILES string of the molecule is O=P(O)(O)O.[H-].[Li+].[V].[Zr]. The first-order chi connectivity index (χ1) is 2.00. The Morgan fingerprint density at radius 1 is 1.25 bits per heavy atom. The fourth-order valence-electron chi connectivity index (χ4n) is 0. The third kappa shape index (κ3) is 89.0. The van der Waals surface area contributed by atoms with Crippen molar-refractivity contribution < 1.29 is 84.3 Å². The summed E-state index contributed by atoms with van der Waals surface area (Å²) in [4.78, 5) is 21.6. The normalized spacial score (nSPS) is 7.38. The van der Waals surface area contributed by atoms with Crippen molar-refractivity contribution in [2.75, 3.05) is 0 Å². The summed E-state index contributed by atoms with van der Waals surface area (Å²) in [6.45, 7) is 0. The molecule has 0 aliphatic rings. The molecule has 0 amide bonds. The number of phosphoric acid groups is 1. The van der Waals surface area contributed by atoms with Crippen LogP contribution < -0.4 is 18.9 Å². The van der Waals surface area contributed by atoms with Gasteiger partial charge in [-0.1, -0.05) is 0 Å². The first-order valence-electron chi connectivity index (χ1n) is 0.783. The maximum atomic E-state index is 8.88. The molecule has 0 aromatic carbocycles. The molecule has 0 aliphatic carbocycles. The van der Waals surface area contributed by atoms with E-state index < -0.39 is 7.82 Å². The molecule has 3 N–H and O–H groups in total. The van der Waals surface area contributed by atoms with Crippen LogP contribution >= 0.6 is 7.82 Å². The predicted molar refractivity (Wildman–Crippen MR) is 15.4 cm³/mol. The van der Waals surface area contributed by atoms with Gasteiger partial charge in [-0.3, -0.25) is 0 Å². The van der Waals surface area contributed by atoms with Crippen LogP contribution in [0, 0.1) is 0 Å². The molecular formula is H4LiO4PVZr. The summed E-state index contributed by atoms with van der Waals surface area (Å²) in [5, 5.41) is 0. The summed E-state index contributed by atoms with van der Waals surface area (Å²) >= 11 is 0. The van der Waals surface area contributed by atoms with E-state index >= 15 is 0 Å². The zero-order chi connectivity index (χ0) is 4.50. The molecular weight excluding hydrogens is 244 g/mol. The van der Waals surface area contributed by atoms with Gasteiger partial charge in [-0.15, -0.1) is 0 Å². The Labute approximate surface area is 91.3 Å². The van der Waals surface area contributed by atoms with E-state index in [-0.39, 0.29) is 65.0 Å². The maximum absolute atomic E-state index is 8.88. The van der Waals surface area contributed by atoms with Crippen LogP contribution in [0.1, 0.15) is 1.43 Å². The third-order valence-corrected chi connectivity index (χ3v) is 0. The van der Waals surface area contributed by atoms with E-state index in [1.807, 2.05) is 0 Å². The summed E-state index contributed by atoms with van der Waals surface area (Å²) in [6.07, 6.45) is 0. The van der Waals surface area contributed by atoms with Gasteiger partial charge in [-0.25, -0.2) is 4.57 Å². The van der Waals surface area contributed by atoms with Gasteiger partial charge >= 0.3 is 26.7 Å². The Bertz CT molecular complexity index is 66.7. The van der Waals surface area contributed by atoms with Crippen LogP contribution in [0.25, 0.3) is 0 Å². The Morgan fingerprint density at radius 3 is 1.25 bits per heavy atom. The second kappa shape index (κ2) is 9.17. The Balaban J connectivity index is -0.0000000133. The van der Waals surface area contributed by atoms with Crippen molar-refractivity contribution in [2.24, 2.45) is 0 Å². The topological polar surface area (TPSA) is 77.8 Å². The summed E-state index contributed by atoms with van der Waals surface area (Å²) in [5.74, 6) is 0. The molecule has 4 nitrogen and oxygen atoms in total. The molecule has 1 radical (unpaired) electrons. The molecule has 8 heteroatoms. The number of rotatable bonds is 0. The standard InChI is InChI=1S/Li.H3O4P.V.Zr.H/c;1-5(2,3)4;;;/h;(H3,1,2,3,4);;;/q+1;;;;-1. The third-order valence-electron chi connectivity index (χ3n) is 0. The molecule has 0 aliphatic heterocycles. The zero-order valence-electron chi connectivity index (χ0n) is 5.14. The summed E-state index contributed by atoms with van der Waals surface area (Å²) in [6, 6.07) is 0. The second-order valence-corrected chi connectivity index (χ2v) is 1.54. The first kappa shape index (κ1) is 22.5. The van der Waals surface area contributed by atoms with E-state index in [1.54, 1.807) is 0 Å². The van der Waals surface area contributed by atoms with E-state index in [1.165, 1.54) is 0 Å². The molecule has 0 rings (SSSR count). The number of hydrogen-bond acceptors (Lipinski definition) is 1. The van der Waals surface area contributed by atoms with Gasteiger partial charge in [0.25, 0.3) is 0 Å².